The van der Waals surface area contributed by atoms with Gasteiger partial charge >= 0.3 is 5.69 Å². The largest absolute Gasteiger partial charge is 0.341 e. The molecule has 0 saturated carbocycles. The first kappa shape index (κ1) is 18.9. The number of hydrogen-bond acceptors (Lipinski definition) is 5. The third-order valence-electron chi connectivity index (χ3n) is 5.24. The molecule has 1 N–H and O–H groups in total. The van der Waals surface area contributed by atoms with Crippen LogP contribution in [0.3, 0.4) is 0 Å². The molecule has 3 aromatic rings. The molecule has 148 valence electrons. The number of aromatic nitrogens is 4. The van der Waals surface area contributed by atoms with Gasteiger partial charge in [-0.1, -0.05) is 34.1 Å². The Morgan fingerprint density at radius 3 is 2.68 bits per heavy atom. The van der Waals surface area contributed by atoms with E-state index in [-0.39, 0.29) is 11.2 Å². The van der Waals surface area contributed by atoms with Crippen LogP contribution in [0.25, 0.3) is 11.2 Å². The van der Waals surface area contributed by atoms with Crippen LogP contribution in [0.15, 0.2) is 38.3 Å². The Hall–Kier alpha value is -2.39. The zero-order valence-electron chi connectivity index (χ0n) is 16.0. The van der Waals surface area contributed by atoms with Gasteiger partial charge in [0.15, 0.2) is 11.2 Å². The van der Waals surface area contributed by atoms with Crippen LogP contribution in [0.5, 0.6) is 0 Å². The minimum atomic E-state index is -0.368. The molecule has 0 atom stereocenters. The first-order valence-corrected chi connectivity index (χ1v) is 10.1. The van der Waals surface area contributed by atoms with Crippen LogP contribution < -0.4 is 21.5 Å². The van der Waals surface area contributed by atoms with Crippen molar-refractivity contribution in [3.63, 3.8) is 0 Å². The summed E-state index contributed by atoms with van der Waals surface area (Å²) in [5, 5.41) is 3.39. The van der Waals surface area contributed by atoms with Crippen LogP contribution in [-0.2, 0) is 20.6 Å². The third-order valence-corrected chi connectivity index (χ3v) is 6.01. The molecular formula is C19H23BrN6O2. The molecule has 0 unspecified atom stereocenters. The second-order valence-corrected chi connectivity index (χ2v) is 7.91. The molecule has 1 aliphatic rings. The number of hydrogen-bond donors (Lipinski definition) is 1. The average molecular weight is 447 g/mol. The lowest BCUT2D eigenvalue weighted by Crippen LogP contribution is -2.37. The van der Waals surface area contributed by atoms with E-state index in [2.05, 4.69) is 26.1 Å². The molecular weight excluding hydrogens is 424 g/mol. The molecule has 1 aromatic carbocycles. The Bertz CT molecular complexity index is 1140. The molecule has 4 rings (SSSR count). The van der Waals surface area contributed by atoms with E-state index in [1.54, 1.807) is 7.05 Å². The summed E-state index contributed by atoms with van der Waals surface area (Å²) < 4.78 is 5.52. The van der Waals surface area contributed by atoms with Gasteiger partial charge in [-0.15, -0.1) is 0 Å². The molecule has 1 aliphatic heterocycles. The maximum atomic E-state index is 13.0. The maximum absolute atomic E-state index is 13.0. The zero-order valence-corrected chi connectivity index (χ0v) is 17.6. The summed E-state index contributed by atoms with van der Waals surface area (Å²) in [4.78, 5) is 32.4. The Kier molecular flexibility index (Phi) is 5.11. The van der Waals surface area contributed by atoms with Gasteiger partial charge < -0.3 is 10.2 Å². The van der Waals surface area contributed by atoms with Crippen molar-refractivity contribution in [3.05, 3.63) is 55.1 Å². The number of aryl methyl sites for hydroxylation is 1. The van der Waals surface area contributed by atoms with E-state index in [0.717, 1.165) is 53.2 Å². The number of imidazole rings is 1. The molecule has 0 amide bonds. The van der Waals surface area contributed by atoms with Gasteiger partial charge in [-0.3, -0.25) is 18.5 Å². The van der Waals surface area contributed by atoms with E-state index >= 15 is 0 Å². The topological polar surface area (TPSA) is 77.1 Å². The van der Waals surface area contributed by atoms with Crippen LogP contribution in [0.2, 0.25) is 0 Å². The SMILES string of the molecule is Cn1c(=O)c2c(nc(N3CCCNCC3)n2Cc2ccccc2Br)n(C)c1=O. The number of fused-ring (bicyclic) bond motifs is 1. The minimum absolute atomic E-state index is 0.322. The molecule has 1 saturated heterocycles. The molecule has 1 fully saturated rings. The monoisotopic (exact) mass is 446 g/mol. The van der Waals surface area contributed by atoms with Crippen LogP contribution in [0.1, 0.15) is 12.0 Å². The Morgan fingerprint density at radius 1 is 1.11 bits per heavy atom. The summed E-state index contributed by atoms with van der Waals surface area (Å²) in [5.41, 5.74) is 1.23. The van der Waals surface area contributed by atoms with Gasteiger partial charge in [0, 0.05) is 38.2 Å². The standard InChI is InChI=1S/C19H23BrN6O2/c1-23-16-15(17(27)24(2)19(23)28)26(12-13-6-3-4-7-14(13)20)18(22-16)25-10-5-8-21-9-11-25/h3-4,6-7,21H,5,8-12H2,1-2H3. The molecule has 0 spiro atoms. The van der Waals surface area contributed by atoms with E-state index < -0.39 is 0 Å². The summed E-state index contributed by atoms with van der Waals surface area (Å²) in [6.45, 7) is 3.95. The van der Waals surface area contributed by atoms with Crippen LogP contribution in [-0.4, -0.2) is 44.9 Å². The second kappa shape index (κ2) is 7.56. The quantitative estimate of drug-likeness (QED) is 0.650. The number of nitrogens with one attached hydrogen (secondary N) is 1. The summed E-state index contributed by atoms with van der Waals surface area (Å²) in [5.74, 6) is 0.729. The fourth-order valence-corrected chi connectivity index (χ4v) is 4.08. The van der Waals surface area contributed by atoms with Gasteiger partial charge in [-0.25, -0.2) is 4.79 Å². The second-order valence-electron chi connectivity index (χ2n) is 7.06. The highest BCUT2D eigenvalue weighted by molar-refractivity contribution is 9.10. The van der Waals surface area contributed by atoms with Crippen molar-refractivity contribution in [3.8, 4) is 0 Å². The van der Waals surface area contributed by atoms with Crippen molar-refractivity contribution < 1.29 is 0 Å². The van der Waals surface area contributed by atoms with E-state index in [1.165, 1.54) is 11.6 Å². The highest BCUT2D eigenvalue weighted by atomic mass is 79.9. The Balaban J connectivity index is 1.98. The highest BCUT2D eigenvalue weighted by Gasteiger charge is 2.23. The normalized spacial score (nSPS) is 15.2. The van der Waals surface area contributed by atoms with Crippen molar-refractivity contribution in [2.24, 2.45) is 14.1 Å². The van der Waals surface area contributed by atoms with Gasteiger partial charge in [-0.05, 0) is 24.6 Å². The first-order valence-electron chi connectivity index (χ1n) is 9.34. The van der Waals surface area contributed by atoms with E-state index in [9.17, 15) is 9.59 Å². The van der Waals surface area contributed by atoms with Gasteiger partial charge in [0.25, 0.3) is 5.56 Å². The molecule has 28 heavy (non-hydrogen) atoms. The molecule has 3 heterocycles. The molecule has 0 bridgehead atoms. The summed E-state index contributed by atoms with van der Waals surface area (Å²) in [6, 6.07) is 7.94. The molecule has 0 aliphatic carbocycles. The first-order chi connectivity index (χ1) is 13.5. The van der Waals surface area contributed by atoms with Crippen molar-refractivity contribution in [1.82, 2.24) is 24.0 Å². The van der Waals surface area contributed by atoms with E-state index in [1.807, 2.05) is 28.8 Å². The Morgan fingerprint density at radius 2 is 1.89 bits per heavy atom. The van der Waals surface area contributed by atoms with Crippen molar-refractivity contribution in [1.29, 1.82) is 0 Å². The molecule has 2 aromatic heterocycles. The fraction of sp³-hybridized carbons (Fsp3) is 0.421. The minimum Gasteiger partial charge on any atom is -0.341 e. The summed E-state index contributed by atoms with van der Waals surface area (Å²) in [7, 11) is 3.17. The van der Waals surface area contributed by atoms with Gasteiger partial charge in [0.2, 0.25) is 5.95 Å². The van der Waals surface area contributed by atoms with Crippen LogP contribution in [0.4, 0.5) is 5.95 Å². The molecule has 8 nitrogen and oxygen atoms in total. The zero-order chi connectivity index (χ0) is 19.8. The summed E-state index contributed by atoms with van der Waals surface area (Å²) in [6.07, 6.45) is 0.995. The van der Waals surface area contributed by atoms with Crippen LogP contribution >= 0.6 is 15.9 Å². The van der Waals surface area contributed by atoms with Crippen molar-refractivity contribution in [2.75, 3.05) is 31.1 Å². The van der Waals surface area contributed by atoms with Crippen molar-refractivity contribution in [2.45, 2.75) is 13.0 Å². The number of halogens is 1. The van der Waals surface area contributed by atoms with Crippen molar-refractivity contribution >= 4 is 33.0 Å². The van der Waals surface area contributed by atoms with E-state index in [4.69, 9.17) is 4.98 Å². The Labute approximate surface area is 170 Å². The highest BCUT2D eigenvalue weighted by Crippen LogP contribution is 2.24. The van der Waals surface area contributed by atoms with Gasteiger partial charge in [0.05, 0.1) is 6.54 Å². The molecule has 9 heteroatoms. The lowest BCUT2D eigenvalue weighted by atomic mass is 10.2. The lowest BCUT2D eigenvalue weighted by Gasteiger charge is -2.22. The van der Waals surface area contributed by atoms with Gasteiger partial charge in [0.1, 0.15) is 0 Å². The number of anilines is 1. The fourth-order valence-electron chi connectivity index (χ4n) is 3.67. The predicted octanol–water partition coefficient (Wildman–Crippen LogP) is 1.04. The van der Waals surface area contributed by atoms with Gasteiger partial charge in [-0.2, -0.15) is 4.98 Å². The number of rotatable bonds is 3. The summed E-state index contributed by atoms with van der Waals surface area (Å²) >= 11 is 3.60. The third kappa shape index (κ3) is 3.18. The predicted molar refractivity (Wildman–Crippen MR) is 113 cm³/mol. The number of benzene rings is 1. The van der Waals surface area contributed by atoms with E-state index in [0.29, 0.717) is 17.7 Å². The maximum Gasteiger partial charge on any atom is 0.332 e. The van der Waals surface area contributed by atoms with Crippen LogP contribution in [0, 0.1) is 0 Å². The molecule has 0 radical (unpaired) electrons. The smallest absolute Gasteiger partial charge is 0.332 e. The average Bonchev–Trinajstić information content (AvgIpc) is 2.87. The number of nitrogens with zero attached hydrogens (tertiary/aromatic N) is 5. The lowest BCUT2D eigenvalue weighted by molar-refractivity contribution is 0.699.